The highest BCUT2D eigenvalue weighted by molar-refractivity contribution is 6.67. The molecule has 0 saturated heterocycles. The van der Waals surface area contributed by atoms with Gasteiger partial charge in [-0.25, -0.2) is 0 Å². The normalized spacial score (nSPS) is 28.9. The molecular formula is C20H27BN2. The molecule has 3 aliphatic rings. The fourth-order valence-corrected chi connectivity index (χ4v) is 4.85. The van der Waals surface area contributed by atoms with Crippen molar-refractivity contribution in [2.24, 2.45) is 11.7 Å². The molecule has 1 fully saturated rings. The molecule has 3 N–H and O–H groups in total. The zero-order chi connectivity index (χ0) is 16.0. The summed E-state index contributed by atoms with van der Waals surface area (Å²) in [4.78, 5) is 0. The van der Waals surface area contributed by atoms with Crippen LogP contribution < -0.4 is 11.1 Å². The van der Waals surface area contributed by atoms with Crippen LogP contribution in [0.15, 0.2) is 36.5 Å². The lowest BCUT2D eigenvalue weighted by Crippen LogP contribution is -2.42. The number of hydrogen-bond donors (Lipinski definition) is 2. The number of nitrogens with two attached hydrogens (primary N) is 1. The third kappa shape index (κ3) is 2.87. The minimum atomic E-state index is 0.437. The first-order valence-corrected chi connectivity index (χ1v) is 9.09. The molecule has 1 saturated carbocycles. The third-order valence-electron chi connectivity index (χ3n) is 6.01. The molecule has 3 atom stereocenters. The lowest BCUT2D eigenvalue weighted by molar-refractivity contribution is 0.511. The fraction of sp³-hybridized carbons (Fsp3) is 0.500. The second kappa shape index (κ2) is 5.87. The number of hydrogen-bond acceptors (Lipinski definition) is 2. The molecule has 0 bridgehead atoms. The van der Waals surface area contributed by atoms with Gasteiger partial charge in [0.05, 0.1) is 0 Å². The monoisotopic (exact) mass is 306 g/mol. The summed E-state index contributed by atoms with van der Waals surface area (Å²) in [7, 11) is 0. The Labute approximate surface area is 140 Å². The summed E-state index contributed by atoms with van der Waals surface area (Å²) >= 11 is 0. The first kappa shape index (κ1) is 15.1. The maximum atomic E-state index is 6.07. The molecule has 3 unspecified atom stereocenters. The van der Waals surface area contributed by atoms with Crippen LogP contribution in [0.3, 0.4) is 0 Å². The third-order valence-corrected chi connectivity index (χ3v) is 6.01. The van der Waals surface area contributed by atoms with Crippen molar-refractivity contribution in [2.75, 3.05) is 0 Å². The maximum absolute atomic E-state index is 6.07. The van der Waals surface area contributed by atoms with Gasteiger partial charge in [0.1, 0.15) is 0 Å². The van der Waals surface area contributed by atoms with E-state index in [1.54, 1.807) is 0 Å². The molecule has 120 valence electrons. The van der Waals surface area contributed by atoms with E-state index in [0.29, 0.717) is 18.7 Å². The molecule has 2 nitrogen and oxygen atoms in total. The molecule has 0 aromatic heterocycles. The molecule has 1 aliphatic carbocycles. The minimum absolute atomic E-state index is 0.437. The van der Waals surface area contributed by atoms with Gasteiger partial charge in [0.25, 0.3) is 0 Å². The van der Waals surface area contributed by atoms with Crippen LogP contribution in [-0.2, 0) is 12.7 Å². The van der Waals surface area contributed by atoms with Crippen molar-refractivity contribution < 1.29 is 0 Å². The zero-order valence-corrected chi connectivity index (χ0v) is 14.1. The SMILES string of the molecule is C=C(C)c1cccc2c1CB1C=C(CC3CCC(N)C3)NC1C2. The van der Waals surface area contributed by atoms with E-state index in [2.05, 4.69) is 43.0 Å². The Kier molecular flexibility index (Phi) is 3.84. The largest absolute Gasteiger partial charge is 0.393 e. The average Bonchev–Trinajstić information content (AvgIpc) is 3.09. The van der Waals surface area contributed by atoms with Crippen molar-refractivity contribution in [1.82, 2.24) is 5.32 Å². The average molecular weight is 306 g/mol. The highest BCUT2D eigenvalue weighted by Crippen LogP contribution is 2.34. The van der Waals surface area contributed by atoms with Gasteiger partial charge in [-0.05, 0) is 73.7 Å². The molecule has 0 amide bonds. The van der Waals surface area contributed by atoms with Crippen molar-refractivity contribution in [1.29, 1.82) is 0 Å². The summed E-state index contributed by atoms with van der Waals surface area (Å²) in [6.07, 6.45) is 7.21. The maximum Gasteiger partial charge on any atom is 0.199 e. The van der Waals surface area contributed by atoms with E-state index in [0.717, 1.165) is 18.7 Å². The topological polar surface area (TPSA) is 38.0 Å². The Bertz CT molecular complexity index is 664. The van der Waals surface area contributed by atoms with Gasteiger partial charge in [0.15, 0.2) is 6.71 Å². The Morgan fingerprint density at radius 1 is 1.39 bits per heavy atom. The lowest BCUT2D eigenvalue weighted by atomic mass is 9.39. The van der Waals surface area contributed by atoms with Crippen molar-refractivity contribution >= 4 is 12.3 Å². The highest BCUT2D eigenvalue weighted by atomic mass is 14.9. The van der Waals surface area contributed by atoms with Gasteiger partial charge >= 0.3 is 0 Å². The van der Waals surface area contributed by atoms with E-state index in [9.17, 15) is 0 Å². The molecule has 3 heteroatoms. The van der Waals surface area contributed by atoms with Crippen molar-refractivity contribution in [2.45, 2.75) is 57.3 Å². The summed E-state index contributed by atoms with van der Waals surface area (Å²) < 4.78 is 0. The van der Waals surface area contributed by atoms with E-state index < -0.39 is 0 Å². The van der Waals surface area contributed by atoms with Crippen LogP contribution in [-0.4, -0.2) is 18.7 Å². The summed E-state index contributed by atoms with van der Waals surface area (Å²) in [6, 6.07) is 7.15. The van der Waals surface area contributed by atoms with Crippen LogP contribution in [0.5, 0.6) is 0 Å². The smallest absolute Gasteiger partial charge is 0.199 e. The number of benzene rings is 1. The van der Waals surface area contributed by atoms with E-state index in [1.807, 2.05) is 0 Å². The van der Waals surface area contributed by atoms with E-state index in [4.69, 9.17) is 5.73 Å². The van der Waals surface area contributed by atoms with Crippen LogP contribution in [0.2, 0.25) is 0 Å². The predicted octanol–water partition coefficient (Wildman–Crippen LogP) is 3.30. The van der Waals surface area contributed by atoms with Gasteiger partial charge in [-0.2, -0.15) is 0 Å². The van der Waals surface area contributed by atoms with Crippen LogP contribution in [0, 0.1) is 5.92 Å². The number of nitrogens with one attached hydrogen (secondary N) is 1. The molecular weight excluding hydrogens is 279 g/mol. The van der Waals surface area contributed by atoms with E-state index in [-0.39, 0.29) is 0 Å². The standard InChI is InChI=1S/C20H27BN2/c1-13(2)18-5-3-4-15-10-20-21(12-19(15)18)11-17(23-20)9-14-6-7-16(22)8-14/h3-5,11,14,16,20,23H,1,6-10,12,22H2,2H3. The predicted molar refractivity (Wildman–Crippen MR) is 99.3 cm³/mol. The van der Waals surface area contributed by atoms with Gasteiger partial charge in [0, 0.05) is 12.0 Å². The zero-order valence-electron chi connectivity index (χ0n) is 14.1. The quantitative estimate of drug-likeness (QED) is 0.841. The number of allylic oxidation sites excluding steroid dienone is 2. The Balaban J connectivity index is 1.51. The Morgan fingerprint density at radius 2 is 2.26 bits per heavy atom. The number of fused-ring (bicyclic) bond motifs is 2. The van der Waals surface area contributed by atoms with Gasteiger partial charge in [-0.15, -0.1) is 0 Å². The second-order valence-electron chi connectivity index (χ2n) is 7.88. The molecule has 0 radical (unpaired) electrons. The lowest BCUT2D eigenvalue weighted by Gasteiger charge is -2.28. The molecule has 0 spiro atoms. The van der Waals surface area contributed by atoms with Crippen LogP contribution in [0.4, 0.5) is 0 Å². The van der Waals surface area contributed by atoms with E-state index >= 15 is 0 Å². The highest BCUT2D eigenvalue weighted by Gasteiger charge is 2.36. The van der Waals surface area contributed by atoms with Crippen molar-refractivity contribution in [3.05, 3.63) is 53.1 Å². The molecule has 2 aliphatic heterocycles. The Morgan fingerprint density at radius 3 is 3.00 bits per heavy atom. The Hall–Kier alpha value is -1.48. The molecule has 23 heavy (non-hydrogen) atoms. The van der Waals surface area contributed by atoms with Gasteiger partial charge in [0.2, 0.25) is 0 Å². The van der Waals surface area contributed by atoms with Gasteiger partial charge in [-0.3, -0.25) is 0 Å². The van der Waals surface area contributed by atoms with Crippen LogP contribution >= 0.6 is 0 Å². The first-order valence-electron chi connectivity index (χ1n) is 9.09. The first-order chi connectivity index (χ1) is 11.1. The van der Waals surface area contributed by atoms with Gasteiger partial charge in [-0.1, -0.05) is 36.3 Å². The van der Waals surface area contributed by atoms with Crippen molar-refractivity contribution in [3.63, 3.8) is 0 Å². The van der Waals surface area contributed by atoms with Crippen LogP contribution in [0.25, 0.3) is 5.57 Å². The summed E-state index contributed by atoms with van der Waals surface area (Å²) in [5.41, 5.74) is 13.1. The molecule has 2 heterocycles. The second-order valence-corrected chi connectivity index (χ2v) is 7.88. The summed E-state index contributed by atoms with van der Waals surface area (Å²) in [5.74, 6) is 3.90. The van der Waals surface area contributed by atoms with Gasteiger partial charge < -0.3 is 11.1 Å². The summed E-state index contributed by atoms with van der Waals surface area (Å²) in [6.45, 7) is 6.94. The minimum Gasteiger partial charge on any atom is -0.393 e. The van der Waals surface area contributed by atoms with E-state index in [1.165, 1.54) is 53.6 Å². The van der Waals surface area contributed by atoms with Crippen molar-refractivity contribution in [3.8, 4) is 0 Å². The fourth-order valence-electron chi connectivity index (χ4n) is 4.85. The molecule has 4 rings (SSSR count). The number of rotatable bonds is 3. The molecule has 1 aromatic rings. The summed E-state index contributed by atoms with van der Waals surface area (Å²) in [5, 5.41) is 3.82. The van der Waals surface area contributed by atoms with Crippen LogP contribution in [0.1, 0.15) is 49.3 Å². The molecule has 1 aromatic carbocycles.